The Hall–Kier alpha value is -0.870. The van der Waals surface area contributed by atoms with E-state index in [4.69, 9.17) is 0 Å². The van der Waals surface area contributed by atoms with Crippen molar-refractivity contribution in [1.29, 1.82) is 0 Å². The van der Waals surface area contributed by atoms with E-state index in [1.807, 2.05) is 12.4 Å². The Morgan fingerprint density at radius 3 is 2.40 bits per heavy atom. The summed E-state index contributed by atoms with van der Waals surface area (Å²) < 4.78 is 2.13. The maximum absolute atomic E-state index is 4.49. The predicted octanol–water partition coefficient (Wildman–Crippen LogP) is 2.21. The minimum atomic E-state index is 0.158. The first-order valence-corrected chi connectivity index (χ1v) is 7.94. The highest BCUT2D eigenvalue weighted by molar-refractivity contribution is 5.02. The number of imidazole rings is 1. The molecule has 4 heteroatoms. The Labute approximate surface area is 123 Å². The highest BCUT2D eigenvalue weighted by Crippen LogP contribution is 2.25. The van der Waals surface area contributed by atoms with Gasteiger partial charge in [0.2, 0.25) is 0 Å². The van der Waals surface area contributed by atoms with Gasteiger partial charge < -0.3 is 9.88 Å². The van der Waals surface area contributed by atoms with Crippen molar-refractivity contribution >= 4 is 0 Å². The topological polar surface area (TPSA) is 33.1 Å². The van der Waals surface area contributed by atoms with E-state index >= 15 is 0 Å². The first-order chi connectivity index (χ1) is 9.55. The zero-order chi connectivity index (χ0) is 14.6. The van der Waals surface area contributed by atoms with Crippen molar-refractivity contribution in [2.24, 2.45) is 7.05 Å². The van der Waals surface area contributed by atoms with E-state index in [1.54, 1.807) is 0 Å². The molecular formula is C16H30N4. The molecule has 1 saturated heterocycles. The summed E-state index contributed by atoms with van der Waals surface area (Å²) >= 11 is 0. The molecule has 2 rings (SSSR count). The zero-order valence-electron chi connectivity index (χ0n) is 13.5. The summed E-state index contributed by atoms with van der Waals surface area (Å²) in [5.41, 5.74) is 0.158. The van der Waals surface area contributed by atoms with Crippen LogP contribution in [0.4, 0.5) is 0 Å². The molecule has 0 saturated carbocycles. The van der Waals surface area contributed by atoms with Gasteiger partial charge in [-0.1, -0.05) is 12.8 Å². The van der Waals surface area contributed by atoms with Gasteiger partial charge in [-0.2, -0.15) is 0 Å². The lowest BCUT2D eigenvalue weighted by atomic mass is 9.89. The molecule has 1 aliphatic heterocycles. The van der Waals surface area contributed by atoms with Crippen molar-refractivity contribution in [3.63, 3.8) is 0 Å². The van der Waals surface area contributed by atoms with Crippen molar-refractivity contribution in [2.45, 2.75) is 57.5 Å². The second kappa shape index (κ2) is 6.72. The van der Waals surface area contributed by atoms with Gasteiger partial charge in [-0.05, 0) is 46.8 Å². The summed E-state index contributed by atoms with van der Waals surface area (Å²) in [4.78, 5) is 7.16. The molecule has 0 amide bonds. The van der Waals surface area contributed by atoms with Gasteiger partial charge in [-0.15, -0.1) is 0 Å². The average molecular weight is 278 g/mol. The Morgan fingerprint density at radius 1 is 1.25 bits per heavy atom. The molecule has 0 aliphatic carbocycles. The number of hydrogen-bond acceptors (Lipinski definition) is 3. The van der Waals surface area contributed by atoms with Crippen LogP contribution in [-0.4, -0.2) is 46.2 Å². The standard InChI is InChI=1S/C16H30N4/c1-16(2,20-10-7-5-6-8-11-20)14(17-3)13-15-18-9-12-19(15)4/h9,12,14,17H,5-8,10-11,13H2,1-4H3. The molecule has 0 spiro atoms. The maximum atomic E-state index is 4.49. The van der Waals surface area contributed by atoms with Gasteiger partial charge in [0.25, 0.3) is 0 Å². The molecule has 1 aromatic heterocycles. The monoisotopic (exact) mass is 278 g/mol. The number of likely N-dealkylation sites (tertiary alicyclic amines) is 1. The van der Waals surface area contributed by atoms with Crippen molar-refractivity contribution in [3.8, 4) is 0 Å². The first kappa shape index (κ1) is 15.5. The molecule has 1 aromatic rings. The smallest absolute Gasteiger partial charge is 0.109 e. The van der Waals surface area contributed by atoms with Crippen LogP contribution in [0.1, 0.15) is 45.4 Å². The van der Waals surface area contributed by atoms with E-state index in [1.165, 1.54) is 38.8 Å². The van der Waals surface area contributed by atoms with Crippen LogP contribution in [-0.2, 0) is 13.5 Å². The molecule has 20 heavy (non-hydrogen) atoms. The number of aryl methyl sites for hydroxylation is 1. The minimum Gasteiger partial charge on any atom is -0.338 e. The SMILES string of the molecule is CNC(Cc1nccn1C)C(C)(C)N1CCCCCC1. The van der Waals surface area contributed by atoms with Crippen molar-refractivity contribution in [1.82, 2.24) is 19.8 Å². The summed E-state index contributed by atoms with van der Waals surface area (Å²) in [5.74, 6) is 1.16. The highest BCUT2D eigenvalue weighted by atomic mass is 15.2. The van der Waals surface area contributed by atoms with E-state index in [9.17, 15) is 0 Å². The largest absolute Gasteiger partial charge is 0.338 e. The third-order valence-electron chi connectivity index (χ3n) is 4.93. The van der Waals surface area contributed by atoms with Gasteiger partial charge in [-0.25, -0.2) is 4.98 Å². The quantitative estimate of drug-likeness (QED) is 0.896. The molecule has 114 valence electrons. The van der Waals surface area contributed by atoms with Crippen LogP contribution in [0.15, 0.2) is 12.4 Å². The van der Waals surface area contributed by atoms with Crippen molar-refractivity contribution in [3.05, 3.63) is 18.2 Å². The summed E-state index contributed by atoms with van der Waals surface area (Å²) in [7, 11) is 4.15. The molecule has 2 heterocycles. The van der Waals surface area contributed by atoms with Crippen molar-refractivity contribution < 1.29 is 0 Å². The van der Waals surface area contributed by atoms with Crippen LogP contribution in [0.5, 0.6) is 0 Å². The number of likely N-dealkylation sites (N-methyl/N-ethyl adjacent to an activating group) is 1. The molecular weight excluding hydrogens is 248 g/mol. The predicted molar refractivity (Wildman–Crippen MR) is 83.9 cm³/mol. The Balaban J connectivity index is 2.09. The molecule has 1 aliphatic rings. The van der Waals surface area contributed by atoms with E-state index in [2.05, 4.69) is 47.7 Å². The minimum absolute atomic E-state index is 0.158. The molecule has 1 unspecified atom stereocenters. The first-order valence-electron chi connectivity index (χ1n) is 7.94. The number of nitrogens with one attached hydrogen (secondary N) is 1. The molecule has 0 radical (unpaired) electrons. The average Bonchev–Trinajstić information content (AvgIpc) is 2.69. The fourth-order valence-corrected chi connectivity index (χ4v) is 3.35. The van der Waals surface area contributed by atoms with E-state index in [-0.39, 0.29) is 5.54 Å². The fourth-order valence-electron chi connectivity index (χ4n) is 3.35. The zero-order valence-corrected chi connectivity index (χ0v) is 13.5. The second-order valence-corrected chi connectivity index (χ2v) is 6.55. The molecule has 0 bridgehead atoms. The number of hydrogen-bond donors (Lipinski definition) is 1. The van der Waals surface area contributed by atoms with Gasteiger partial charge in [0, 0.05) is 37.4 Å². The number of nitrogens with zero attached hydrogens (tertiary/aromatic N) is 3. The summed E-state index contributed by atoms with van der Waals surface area (Å²) in [6, 6.07) is 0.418. The summed E-state index contributed by atoms with van der Waals surface area (Å²) in [6.45, 7) is 7.21. The Bertz CT molecular complexity index is 402. The third-order valence-corrected chi connectivity index (χ3v) is 4.93. The maximum Gasteiger partial charge on any atom is 0.109 e. The van der Waals surface area contributed by atoms with Crippen LogP contribution >= 0.6 is 0 Å². The molecule has 4 nitrogen and oxygen atoms in total. The molecule has 1 N–H and O–H groups in total. The van der Waals surface area contributed by atoms with Gasteiger partial charge in [-0.3, -0.25) is 4.90 Å². The molecule has 1 atom stereocenters. The van der Waals surface area contributed by atoms with Crippen LogP contribution in [0.3, 0.4) is 0 Å². The van der Waals surface area contributed by atoms with E-state index < -0.39 is 0 Å². The second-order valence-electron chi connectivity index (χ2n) is 6.55. The molecule has 0 aromatic carbocycles. The van der Waals surface area contributed by atoms with E-state index in [0.717, 1.165) is 12.2 Å². The lowest BCUT2D eigenvalue weighted by molar-refractivity contribution is 0.0855. The number of aromatic nitrogens is 2. The van der Waals surface area contributed by atoms with Gasteiger partial charge in [0.1, 0.15) is 5.82 Å². The van der Waals surface area contributed by atoms with Gasteiger partial charge in [0.05, 0.1) is 0 Å². The van der Waals surface area contributed by atoms with Crippen LogP contribution < -0.4 is 5.32 Å². The molecule has 1 fully saturated rings. The highest BCUT2D eigenvalue weighted by Gasteiger charge is 2.35. The normalized spacial score (nSPS) is 19.8. The lowest BCUT2D eigenvalue weighted by Crippen LogP contribution is -2.58. The Kier molecular flexibility index (Phi) is 5.22. The van der Waals surface area contributed by atoms with E-state index in [0.29, 0.717) is 6.04 Å². The summed E-state index contributed by atoms with van der Waals surface area (Å²) in [5, 5.41) is 3.53. The van der Waals surface area contributed by atoms with Crippen LogP contribution in [0.25, 0.3) is 0 Å². The summed E-state index contributed by atoms with van der Waals surface area (Å²) in [6.07, 6.45) is 10.3. The lowest BCUT2D eigenvalue weighted by Gasteiger charge is -2.44. The fraction of sp³-hybridized carbons (Fsp3) is 0.812. The van der Waals surface area contributed by atoms with Crippen LogP contribution in [0, 0.1) is 0 Å². The third kappa shape index (κ3) is 3.41. The van der Waals surface area contributed by atoms with Crippen LogP contribution in [0.2, 0.25) is 0 Å². The van der Waals surface area contributed by atoms with Gasteiger partial charge >= 0.3 is 0 Å². The number of rotatable bonds is 5. The Morgan fingerprint density at radius 2 is 1.90 bits per heavy atom. The van der Waals surface area contributed by atoms with Crippen molar-refractivity contribution in [2.75, 3.05) is 20.1 Å². The van der Waals surface area contributed by atoms with Gasteiger partial charge in [0.15, 0.2) is 0 Å².